The van der Waals surface area contributed by atoms with Crippen molar-refractivity contribution in [2.75, 3.05) is 13.1 Å². The van der Waals surface area contributed by atoms with Crippen molar-refractivity contribution in [2.45, 2.75) is 26.3 Å². The number of rotatable bonds is 5. The summed E-state index contributed by atoms with van der Waals surface area (Å²) in [6.45, 7) is 4.71. The maximum Gasteiger partial charge on any atom is 0.243 e. The topological polar surface area (TPSA) is 57.6 Å². The number of carbonyl (C=O) groups excluding carboxylic acids is 1. The molecule has 1 aliphatic heterocycles. The highest BCUT2D eigenvalue weighted by Crippen LogP contribution is 2.20. The number of hydrogen-bond acceptors (Lipinski definition) is 4. The Kier molecular flexibility index (Phi) is 6.52. The molecule has 1 aromatic carbocycles. The summed E-state index contributed by atoms with van der Waals surface area (Å²) in [5.41, 5.74) is 5.63. The zero-order valence-electron chi connectivity index (χ0n) is 14.9. The van der Waals surface area contributed by atoms with Crippen LogP contribution in [0.4, 0.5) is 0 Å². The highest BCUT2D eigenvalue weighted by Gasteiger charge is 2.24. The number of nitrogens with zero attached hydrogens (tertiary/aromatic N) is 3. The average molecular weight is 415 g/mol. The van der Waals surface area contributed by atoms with E-state index in [1.165, 1.54) is 5.56 Å². The number of nitrogens with one attached hydrogen (secondary N) is 1. The molecule has 1 fully saturated rings. The molecule has 6 heteroatoms. The maximum absolute atomic E-state index is 12.3. The van der Waals surface area contributed by atoms with Crippen molar-refractivity contribution in [3.63, 3.8) is 0 Å². The molecule has 1 aliphatic rings. The van der Waals surface area contributed by atoms with Crippen molar-refractivity contribution in [3.8, 4) is 0 Å². The predicted octanol–water partition coefficient (Wildman–Crippen LogP) is 3.51. The smallest absolute Gasteiger partial charge is 0.243 e. The van der Waals surface area contributed by atoms with Crippen LogP contribution in [0.15, 0.2) is 52.0 Å². The second-order valence-corrected chi connectivity index (χ2v) is 7.53. The number of aromatic nitrogens is 1. The van der Waals surface area contributed by atoms with Crippen molar-refractivity contribution >= 4 is 28.1 Å². The number of carbonyl (C=O) groups is 1. The molecule has 0 bridgehead atoms. The van der Waals surface area contributed by atoms with Gasteiger partial charge in [-0.25, -0.2) is 5.43 Å². The van der Waals surface area contributed by atoms with E-state index >= 15 is 0 Å². The van der Waals surface area contributed by atoms with Gasteiger partial charge in [-0.3, -0.25) is 14.7 Å². The number of benzene rings is 1. The second-order valence-electron chi connectivity index (χ2n) is 6.61. The number of aryl methyl sites for hydroxylation is 1. The second kappa shape index (κ2) is 9.05. The summed E-state index contributed by atoms with van der Waals surface area (Å²) in [4.78, 5) is 19.0. The van der Waals surface area contributed by atoms with Crippen LogP contribution in [0.3, 0.4) is 0 Å². The average Bonchev–Trinajstić information content (AvgIpc) is 2.64. The minimum Gasteiger partial charge on any atom is -0.299 e. The molecule has 0 unspecified atom stereocenters. The van der Waals surface area contributed by atoms with Crippen LogP contribution in [-0.2, 0) is 11.3 Å². The van der Waals surface area contributed by atoms with Gasteiger partial charge in [0.1, 0.15) is 0 Å². The summed E-state index contributed by atoms with van der Waals surface area (Å²) >= 11 is 3.46. The lowest BCUT2D eigenvalue weighted by Gasteiger charge is -2.30. The third kappa shape index (κ3) is 5.47. The number of amides is 1. The normalized spacial score (nSPS) is 16.1. The fourth-order valence-corrected chi connectivity index (χ4v) is 3.35. The van der Waals surface area contributed by atoms with Crippen molar-refractivity contribution in [1.29, 1.82) is 0 Å². The number of piperidine rings is 1. The van der Waals surface area contributed by atoms with Gasteiger partial charge in [0.2, 0.25) is 5.91 Å². The van der Waals surface area contributed by atoms with Crippen molar-refractivity contribution in [1.82, 2.24) is 15.3 Å². The van der Waals surface area contributed by atoms with Crippen LogP contribution in [0.25, 0.3) is 0 Å². The summed E-state index contributed by atoms with van der Waals surface area (Å²) < 4.78 is 1.10. The minimum atomic E-state index is -0.00260. The van der Waals surface area contributed by atoms with E-state index < -0.39 is 0 Å². The van der Waals surface area contributed by atoms with Crippen LogP contribution in [0.5, 0.6) is 0 Å². The van der Waals surface area contributed by atoms with Gasteiger partial charge in [0.25, 0.3) is 0 Å². The molecule has 1 saturated heterocycles. The lowest BCUT2D eigenvalue weighted by molar-refractivity contribution is -0.126. The lowest BCUT2D eigenvalue weighted by atomic mass is 9.96. The number of hydrazone groups is 1. The Balaban J connectivity index is 1.43. The first-order valence-corrected chi connectivity index (χ1v) is 9.63. The Labute approximate surface area is 162 Å². The third-order valence-corrected chi connectivity index (χ3v) is 5.09. The van der Waals surface area contributed by atoms with Gasteiger partial charge in [-0.1, -0.05) is 34.1 Å². The molecule has 3 rings (SSSR count). The molecule has 5 nitrogen and oxygen atoms in total. The van der Waals surface area contributed by atoms with E-state index in [0.717, 1.165) is 48.3 Å². The van der Waals surface area contributed by atoms with Crippen molar-refractivity contribution in [2.24, 2.45) is 11.0 Å². The molecule has 136 valence electrons. The lowest BCUT2D eigenvalue weighted by Crippen LogP contribution is -2.39. The van der Waals surface area contributed by atoms with Crippen LogP contribution < -0.4 is 5.43 Å². The first-order chi connectivity index (χ1) is 12.6. The van der Waals surface area contributed by atoms with E-state index in [1.807, 2.05) is 25.1 Å². The monoisotopic (exact) mass is 414 g/mol. The standard InChI is InChI=1S/C20H23BrN4O/c1-15-3-2-4-19(23-15)13-22-24-20(26)17-9-11-25(12-10-17)14-16-5-7-18(21)8-6-16/h2-8,13,17H,9-12,14H2,1H3,(H,24,26)/b22-13-. The Bertz CT molecular complexity index is 768. The molecular formula is C20H23BrN4O. The zero-order chi connectivity index (χ0) is 18.4. The van der Waals surface area contributed by atoms with Gasteiger partial charge < -0.3 is 0 Å². The van der Waals surface area contributed by atoms with Crippen LogP contribution in [0, 0.1) is 12.8 Å². The van der Waals surface area contributed by atoms with Gasteiger partial charge in [0.15, 0.2) is 0 Å². The Morgan fingerprint density at radius 3 is 2.69 bits per heavy atom. The van der Waals surface area contributed by atoms with Gasteiger partial charge in [-0.05, 0) is 62.7 Å². The largest absolute Gasteiger partial charge is 0.299 e. The van der Waals surface area contributed by atoms with E-state index in [4.69, 9.17) is 0 Å². The molecule has 0 saturated carbocycles. The molecule has 0 aliphatic carbocycles. The summed E-state index contributed by atoms with van der Waals surface area (Å²) in [5, 5.41) is 4.05. The molecule has 1 aromatic heterocycles. The number of likely N-dealkylation sites (tertiary alicyclic amines) is 1. The number of hydrogen-bond donors (Lipinski definition) is 1. The minimum absolute atomic E-state index is 0.00260. The van der Waals surface area contributed by atoms with Crippen LogP contribution in [-0.4, -0.2) is 35.1 Å². The van der Waals surface area contributed by atoms with Gasteiger partial charge in [0, 0.05) is 22.6 Å². The molecule has 0 atom stereocenters. The van der Waals surface area contributed by atoms with E-state index in [9.17, 15) is 4.79 Å². The van der Waals surface area contributed by atoms with E-state index in [0.29, 0.717) is 0 Å². The zero-order valence-corrected chi connectivity index (χ0v) is 16.4. The maximum atomic E-state index is 12.3. The summed E-state index contributed by atoms with van der Waals surface area (Å²) in [6, 6.07) is 14.1. The third-order valence-electron chi connectivity index (χ3n) is 4.56. The molecule has 1 N–H and O–H groups in total. The molecule has 0 spiro atoms. The predicted molar refractivity (Wildman–Crippen MR) is 107 cm³/mol. The van der Waals surface area contributed by atoms with E-state index in [2.05, 4.69) is 60.6 Å². The highest BCUT2D eigenvalue weighted by molar-refractivity contribution is 9.10. The molecule has 0 radical (unpaired) electrons. The fourth-order valence-electron chi connectivity index (χ4n) is 3.09. The molecule has 2 aromatic rings. The number of halogens is 1. The molecule has 2 heterocycles. The molecule has 1 amide bonds. The van der Waals surface area contributed by atoms with E-state index in [-0.39, 0.29) is 11.8 Å². The van der Waals surface area contributed by atoms with Gasteiger partial charge in [-0.15, -0.1) is 0 Å². The Morgan fingerprint density at radius 1 is 1.27 bits per heavy atom. The van der Waals surface area contributed by atoms with Crippen molar-refractivity contribution in [3.05, 3.63) is 63.9 Å². The first kappa shape index (κ1) is 18.7. The molecular weight excluding hydrogens is 392 g/mol. The fraction of sp³-hybridized carbons (Fsp3) is 0.350. The van der Waals surface area contributed by atoms with Gasteiger partial charge in [-0.2, -0.15) is 5.10 Å². The Morgan fingerprint density at radius 2 is 2.00 bits per heavy atom. The van der Waals surface area contributed by atoms with Gasteiger partial charge in [0.05, 0.1) is 11.9 Å². The number of pyridine rings is 1. The highest BCUT2D eigenvalue weighted by atomic mass is 79.9. The SMILES string of the molecule is Cc1cccc(/C=N\NC(=O)C2CCN(Cc3ccc(Br)cc3)CC2)n1. The van der Waals surface area contributed by atoms with Crippen molar-refractivity contribution < 1.29 is 4.79 Å². The summed E-state index contributed by atoms with van der Waals surface area (Å²) in [7, 11) is 0. The van der Waals surface area contributed by atoms with Crippen LogP contribution in [0.2, 0.25) is 0 Å². The quantitative estimate of drug-likeness (QED) is 0.601. The van der Waals surface area contributed by atoms with Gasteiger partial charge >= 0.3 is 0 Å². The Hall–Kier alpha value is -2.05. The molecule has 26 heavy (non-hydrogen) atoms. The van der Waals surface area contributed by atoms with Crippen LogP contribution in [0.1, 0.15) is 29.8 Å². The summed E-state index contributed by atoms with van der Waals surface area (Å²) in [6.07, 6.45) is 3.31. The van der Waals surface area contributed by atoms with E-state index in [1.54, 1.807) is 6.21 Å². The summed E-state index contributed by atoms with van der Waals surface area (Å²) in [5.74, 6) is 0.0241. The van der Waals surface area contributed by atoms with Crippen LogP contribution >= 0.6 is 15.9 Å². The first-order valence-electron chi connectivity index (χ1n) is 8.83.